The summed E-state index contributed by atoms with van der Waals surface area (Å²) in [4.78, 5) is 48.6. The number of carbonyl (C=O) groups excluding carboxylic acids is 3. The zero-order valence-electron chi connectivity index (χ0n) is 23.5. The second-order valence-corrected chi connectivity index (χ2v) is 11.2. The van der Waals surface area contributed by atoms with Crippen LogP contribution in [0, 0.1) is 0 Å². The average Bonchev–Trinajstić information content (AvgIpc) is 2.94. The fraction of sp³-hybridized carbons (Fsp3) is 0.290. The maximum atomic E-state index is 13.6. The Balaban J connectivity index is 1.64. The van der Waals surface area contributed by atoms with Crippen molar-refractivity contribution in [3.05, 3.63) is 82.0 Å². The molecule has 0 aliphatic heterocycles. The summed E-state index contributed by atoms with van der Waals surface area (Å²) >= 11 is 1.37. The van der Waals surface area contributed by atoms with Gasteiger partial charge in [-0.15, -0.1) is 11.3 Å². The summed E-state index contributed by atoms with van der Waals surface area (Å²) in [6.07, 6.45) is -3.97. The first-order valence-electron chi connectivity index (χ1n) is 13.1. The van der Waals surface area contributed by atoms with Crippen molar-refractivity contribution in [2.24, 2.45) is 0 Å². The zero-order chi connectivity index (χ0) is 31.4. The molecule has 0 bridgehead atoms. The minimum Gasteiger partial charge on any atom is -0.463 e. The normalized spacial score (nSPS) is 11.8. The van der Waals surface area contributed by atoms with Crippen molar-refractivity contribution >= 4 is 49.4 Å². The Morgan fingerprint density at radius 1 is 0.814 bits per heavy atom. The molecule has 1 N–H and O–H groups in total. The third-order valence-electron chi connectivity index (χ3n) is 6.54. The van der Waals surface area contributed by atoms with Crippen LogP contribution in [-0.4, -0.2) is 36.6 Å². The summed E-state index contributed by atoms with van der Waals surface area (Å²) in [6, 6.07) is 14.6. The molecular formula is C31H28F3NO7S. The number of aryl methyl sites for hydroxylation is 1. The minimum atomic E-state index is -4.52. The lowest BCUT2D eigenvalue weighted by molar-refractivity contribution is -0.150. The maximum absolute atomic E-state index is 13.6. The van der Waals surface area contributed by atoms with Crippen LogP contribution in [-0.2, 0) is 36.5 Å². The van der Waals surface area contributed by atoms with Crippen molar-refractivity contribution in [1.29, 1.82) is 0 Å². The summed E-state index contributed by atoms with van der Waals surface area (Å²) in [5.41, 5.74) is -1.58. The molecule has 0 unspecified atom stereocenters. The number of benzene rings is 3. The molecule has 4 rings (SSSR count). The Morgan fingerprint density at radius 3 is 2.02 bits per heavy atom. The van der Waals surface area contributed by atoms with Gasteiger partial charge >= 0.3 is 18.1 Å². The molecule has 0 spiro atoms. The summed E-state index contributed by atoms with van der Waals surface area (Å²) in [7, 11) is 0. The molecule has 1 amide bonds. The first kappa shape index (κ1) is 31.5. The summed E-state index contributed by atoms with van der Waals surface area (Å²) in [6.45, 7) is 3.30. The van der Waals surface area contributed by atoms with E-state index < -0.39 is 35.1 Å². The number of hydrogen-bond donors (Lipinski definition) is 1. The average molecular weight is 616 g/mol. The topological polar surface area (TPSA) is 108 Å². The molecule has 12 heteroatoms. The van der Waals surface area contributed by atoms with E-state index in [0.717, 1.165) is 22.4 Å². The van der Waals surface area contributed by atoms with Gasteiger partial charge in [0, 0.05) is 40.9 Å². The van der Waals surface area contributed by atoms with Gasteiger partial charge in [0.2, 0.25) is 5.91 Å². The maximum Gasteiger partial charge on any atom is 0.416 e. The summed E-state index contributed by atoms with van der Waals surface area (Å²) < 4.78 is 56.8. The third kappa shape index (κ3) is 8.10. The Hall–Kier alpha value is -4.45. The fourth-order valence-corrected chi connectivity index (χ4v) is 5.56. The quantitative estimate of drug-likeness (QED) is 0.168. The number of carbonyl (C=O) groups is 3. The van der Waals surface area contributed by atoms with E-state index in [9.17, 15) is 32.3 Å². The van der Waals surface area contributed by atoms with Gasteiger partial charge in [-0.2, -0.15) is 13.2 Å². The molecule has 0 aliphatic carbocycles. The van der Waals surface area contributed by atoms with Crippen LogP contribution in [0.4, 0.5) is 13.2 Å². The highest BCUT2D eigenvalue weighted by molar-refractivity contribution is 7.24. The summed E-state index contributed by atoms with van der Waals surface area (Å²) in [5.74, 6) is -1.34. The van der Waals surface area contributed by atoms with Crippen molar-refractivity contribution in [1.82, 2.24) is 5.32 Å². The highest BCUT2D eigenvalue weighted by Gasteiger charge is 2.34. The van der Waals surface area contributed by atoms with Gasteiger partial charge in [0.15, 0.2) is 5.43 Å². The second kappa shape index (κ2) is 12.8. The Labute approximate surface area is 248 Å². The van der Waals surface area contributed by atoms with E-state index in [4.69, 9.17) is 14.2 Å². The number of ether oxygens (including phenoxy) is 3. The molecule has 8 nitrogen and oxygen atoms in total. The predicted molar refractivity (Wildman–Crippen MR) is 155 cm³/mol. The first-order valence-corrected chi connectivity index (χ1v) is 14.0. The molecule has 0 saturated heterocycles. The van der Waals surface area contributed by atoms with Crippen LogP contribution >= 0.6 is 11.3 Å². The number of rotatable bonds is 10. The van der Waals surface area contributed by atoms with Gasteiger partial charge in [-0.3, -0.25) is 19.2 Å². The second-order valence-electron chi connectivity index (χ2n) is 10.1. The lowest BCUT2D eigenvalue weighted by Crippen LogP contribution is -2.55. The number of amides is 1. The van der Waals surface area contributed by atoms with Crippen molar-refractivity contribution in [2.75, 3.05) is 13.2 Å². The molecule has 0 saturated carbocycles. The Bertz CT molecular complexity index is 1730. The van der Waals surface area contributed by atoms with E-state index in [1.54, 1.807) is 24.3 Å². The van der Waals surface area contributed by atoms with Crippen LogP contribution in [0.3, 0.4) is 0 Å². The highest BCUT2D eigenvalue weighted by Crippen LogP contribution is 2.34. The standard InChI is InChI=1S/C31H28F3NO7S/c1-18(36)35-30(16-40-19(2)37,17-41-20(3)38)12-11-21-7-9-27-25(13-21)29(39)26-15-24(8-10-28(26)43-27)42-23-6-4-5-22(14-23)31(32,33)34/h4-10,13-15H,11-12,16-17H2,1-3H3,(H,35,36). The molecule has 0 aliphatic rings. The van der Waals surface area contributed by atoms with Gasteiger partial charge in [-0.05, 0) is 66.9 Å². The van der Waals surface area contributed by atoms with Gasteiger partial charge in [0.25, 0.3) is 0 Å². The summed E-state index contributed by atoms with van der Waals surface area (Å²) in [5, 5.41) is 3.53. The highest BCUT2D eigenvalue weighted by atomic mass is 32.1. The fourth-order valence-electron chi connectivity index (χ4n) is 4.53. The zero-order valence-corrected chi connectivity index (χ0v) is 24.3. The first-order chi connectivity index (χ1) is 20.2. The SMILES string of the molecule is CC(=O)NC(CCc1ccc2sc3ccc(Oc4cccc(C(F)(F)F)c4)cc3c(=O)c2c1)(COC(C)=O)COC(C)=O. The molecule has 0 fully saturated rings. The van der Waals surface area contributed by atoms with Crippen LogP contribution < -0.4 is 15.5 Å². The van der Waals surface area contributed by atoms with E-state index in [-0.39, 0.29) is 36.6 Å². The molecular weight excluding hydrogens is 587 g/mol. The number of nitrogens with one attached hydrogen (secondary N) is 1. The van der Waals surface area contributed by atoms with E-state index in [1.165, 1.54) is 50.3 Å². The van der Waals surface area contributed by atoms with Crippen LogP contribution in [0.1, 0.15) is 38.3 Å². The molecule has 226 valence electrons. The van der Waals surface area contributed by atoms with Crippen LogP contribution in [0.2, 0.25) is 0 Å². The third-order valence-corrected chi connectivity index (χ3v) is 7.69. The van der Waals surface area contributed by atoms with Gasteiger partial charge in [-0.1, -0.05) is 12.1 Å². The van der Waals surface area contributed by atoms with Crippen molar-refractivity contribution in [2.45, 2.75) is 45.3 Å². The molecule has 43 heavy (non-hydrogen) atoms. The molecule has 0 radical (unpaired) electrons. The van der Waals surface area contributed by atoms with E-state index in [0.29, 0.717) is 21.9 Å². The van der Waals surface area contributed by atoms with Crippen molar-refractivity contribution < 1.29 is 41.8 Å². The van der Waals surface area contributed by atoms with Gasteiger partial charge in [-0.25, -0.2) is 0 Å². The van der Waals surface area contributed by atoms with Crippen LogP contribution in [0.25, 0.3) is 20.2 Å². The molecule has 3 aromatic carbocycles. The van der Waals surface area contributed by atoms with Gasteiger partial charge < -0.3 is 19.5 Å². The number of hydrogen-bond acceptors (Lipinski definition) is 8. The van der Waals surface area contributed by atoms with E-state index in [1.807, 2.05) is 6.07 Å². The monoisotopic (exact) mass is 615 g/mol. The lowest BCUT2D eigenvalue weighted by Gasteiger charge is -2.33. The van der Waals surface area contributed by atoms with Gasteiger partial charge in [0.1, 0.15) is 30.3 Å². The largest absolute Gasteiger partial charge is 0.463 e. The van der Waals surface area contributed by atoms with E-state index in [2.05, 4.69) is 5.32 Å². The number of fused-ring (bicyclic) bond motifs is 2. The minimum absolute atomic E-state index is 0.0152. The van der Waals surface area contributed by atoms with Crippen molar-refractivity contribution in [3.8, 4) is 11.5 Å². The van der Waals surface area contributed by atoms with Crippen LogP contribution in [0.5, 0.6) is 11.5 Å². The lowest BCUT2D eigenvalue weighted by atomic mass is 9.92. The molecule has 1 heterocycles. The number of halogens is 3. The smallest absolute Gasteiger partial charge is 0.416 e. The Kier molecular flexibility index (Phi) is 9.39. The molecule has 4 aromatic rings. The number of alkyl halides is 3. The van der Waals surface area contributed by atoms with Crippen LogP contribution in [0.15, 0.2) is 65.5 Å². The molecule has 1 aromatic heterocycles. The Morgan fingerprint density at radius 2 is 1.42 bits per heavy atom. The number of esters is 2. The predicted octanol–water partition coefficient (Wildman–Crippen LogP) is 6.16. The molecule has 0 atom stereocenters. The van der Waals surface area contributed by atoms with Crippen molar-refractivity contribution in [3.63, 3.8) is 0 Å². The van der Waals surface area contributed by atoms with Gasteiger partial charge in [0.05, 0.1) is 5.56 Å². The van der Waals surface area contributed by atoms with E-state index >= 15 is 0 Å².